The second-order valence-electron chi connectivity index (χ2n) is 3.83. The van der Waals surface area contributed by atoms with Gasteiger partial charge in [-0.3, -0.25) is 0 Å². The number of benzene rings is 1. The van der Waals surface area contributed by atoms with E-state index in [2.05, 4.69) is 20.8 Å². The molecule has 7 nitrogen and oxygen atoms in total. The Bertz CT molecular complexity index is 520. The summed E-state index contributed by atoms with van der Waals surface area (Å²) < 4.78 is 6.69. The second kappa shape index (κ2) is 6.35. The van der Waals surface area contributed by atoms with Crippen LogP contribution in [-0.4, -0.2) is 51.0 Å². The largest absolute Gasteiger partial charge is 0.497 e. The van der Waals surface area contributed by atoms with Crippen LogP contribution >= 0.6 is 11.6 Å². The van der Waals surface area contributed by atoms with Gasteiger partial charge in [-0.25, -0.2) is 0 Å². The zero-order valence-electron chi connectivity index (χ0n) is 10.3. The smallest absolute Gasteiger partial charge is 0.143 e. The van der Waals surface area contributed by atoms with Crippen LogP contribution in [0, 0.1) is 0 Å². The molecular weight excluding hydrogens is 270 g/mol. The van der Waals surface area contributed by atoms with E-state index in [0.29, 0.717) is 12.3 Å². The van der Waals surface area contributed by atoms with Crippen molar-refractivity contribution in [2.75, 3.05) is 24.9 Å². The Morgan fingerprint density at radius 2 is 2.37 bits per heavy atom. The number of hydrogen-bond acceptors (Lipinski definition) is 6. The fourth-order valence-corrected chi connectivity index (χ4v) is 1.65. The fourth-order valence-electron chi connectivity index (χ4n) is 1.54. The molecule has 0 fully saturated rings. The third-order valence-corrected chi connectivity index (χ3v) is 2.86. The third-order valence-electron chi connectivity index (χ3n) is 2.51. The van der Waals surface area contributed by atoms with E-state index in [0.717, 1.165) is 11.4 Å². The van der Waals surface area contributed by atoms with Gasteiger partial charge in [0.2, 0.25) is 0 Å². The summed E-state index contributed by atoms with van der Waals surface area (Å²) in [4.78, 5) is 0. The summed E-state index contributed by atoms with van der Waals surface area (Å²) >= 11 is 5.56. The molecule has 0 saturated carbocycles. The van der Waals surface area contributed by atoms with Crippen LogP contribution in [0.3, 0.4) is 0 Å². The maximum atomic E-state index is 9.49. The maximum Gasteiger partial charge on any atom is 0.143 e. The van der Waals surface area contributed by atoms with E-state index in [1.54, 1.807) is 19.2 Å². The van der Waals surface area contributed by atoms with Gasteiger partial charge in [0.05, 0.1) is 30.5 Å². The highest BCUT2D eigenvalue weighted by atomic mass is 35.5. The van der Waals surface area contributed by atoms with E-state index >= 15 is 0 Å². The number of methoxy groups -OCH3 is 1. The van der Waals surface area contributed by atoms with Gasteiger partial charge in [0, 0.05) is 12.6 Å². The van der Waals surface area contributed by atoms with E-state index < -0.39 is 6.10 Å². The van der Waals surface area contributed by atoms with Gasteiger partial charge in [0.1, 0.15) is 12.1 Å². The summed E-state index contributed by atoms with van der Waals surface area (Å²) in [6, 6.07) is 5.43. The summed E-state index contributed by atoms with van der Waals surface area (Å²) in [5, 5.41) is 23.6. The molecule has 0 aliphatic rings. The van der Waals surface area contributed by atoms with Crippen molar-refractivity contribution in [1.29, 1.82) is 0 Å². The van der Waals surface area contributed by atoms with E-state index in [1.807, 2.05) is 6.07 Å². The Kier molecular flexibility index (Phi) is 4.53. The third kappa shape index (κ3) is 3.33. The number of tetrazole rings is 1. The van der Waals surface area contributed by atoms with E-state index in [9.17, 15) is 5.11 Å². The Morgan fingerprint density at radius 3 is 3.00 bits per heavy atom. The van der Waals surface area contributed by atoms with Crippen LogP contribution in [0.2, 0.25) is 0 Å². The standard InChI is InChI=1S/C11H14ClN5O2/c1-19-9-2-3-11(17-7-14-15-16-17)10(4-9)13-6-8(18)5-12/h2-4,7-8,13,18H,5-6H2,1H3. The van der Waals surface area contributed by atoms with Crippen LogP contribution in [0.25, 0.3) is 5.69 Å². The predicted molar refractivity (Wildman–Crippen MR) is 70.9 cm³/mol. The topological polar surface area (TPSA) is 85.1 Å². The molecule has 102 valence electrons. The van der Waals surface area contributed by atoms with Crippen molar-refractivity contribution in [3.05, 3.63) is 24.5 Å². The average Bonchev–Trinajstić information content (AvgIpc) is 2.98. The van der Waals surface area contributed by atoms with Crippen LogP contribution in [0.15, 0.2) is 24.5 Å². The molecule has 0 aliphatic heterocycles. The molecule has 1 aromatic carbocycles. The number of aliphatic hydroxyl groups is 1. The molecule has 0 aliphatic carbocycles. The highest BCUT2D eigenvalue weighted by Crippen LogP contribution is 2.25. The zero-order valence-corrected chi connectivity index (χ0v) is 11.1. The molecule has 19 heavy (non-hydrogen) atoms. The molecule has 2 N–H and O–H groups in total. The molecule has 1 heterocycles. The van der Waals surface area contributed by atoms with E-state index in [-0.39, 0.29) is 5.88 Å². The van der Waals surface area contributed by atoms with Crippen molar-refractivity contribution in [2.24, 2.45) is 0 Å². The number of rotatable bonds is 6. The molecule has 0 bridgehead atoms. The Balaban J connectivity index is 2.27. The molecule has 2 rings (SSSR count). The molecule has 0 radical (unpaired) electrons. The van der Waals surface area contributed by atoms with Crippen LogP contribution in [-0.2, 0) is 0 Å². The highest BCUT2D eigenvalue weighted by Gasteiger charge is 2.09. The minimum absolute atomic E-state index is 0.164. The van der Waals surface area contributed by atoms with Gasteiger partial charge < -0.3 is 15.2 Å². The molecule has 0 spiro atoms. The Morgan fingerprint density at radius 1 is 1.53 bits per heavy atom. The normalized spacial score (nSPS) is 12.2. The summed E-state index contributed by atoms with van der Waals surface area (Å²) in [5.74, 6) is 0.858. The molecular formula is C11H14ClN5O2. The van der Waals surface area contributed by atoms with Gasteiger partial charge in [0.25, 0.3) is 0 Å². The van der Waals surface area contributed by atoms with Gasteiger partial charge in [-0.05, 0) is 22.6 Å². The van der Waals surface area contributed by atoms with E-state index in [4.69, 9.17) is 16.3 Å². The first-order chi connectivity index (χ1) is 9.24. The first-order valence-corrected chi connectivity index (χ1v) is 6.17. The number of aromatic nitrogens is 4. The number of anilines is 1. The number of alkyl halides is 1. The lowest BCUT2D eigenvalue weighted by atomic mass is 10.2. The van der Waals surface area contributed by atoms with Gasteiger partial charge >= 0.3 is 0 Å². The van der Waals surface area contributed by atoms with Crippen molar-refractivity contribution in [1.82, 2.24) is 20.2 Å². The molecule has 0 amide bonds. The van der Waals surface area contributed by atoms with E-state index in [1.165, 1.54) is 11.0 Å². The number of halogens is 1. The predicted octanol–water partition coefficient (Wildman–Crippen LogP) is 0.682. The van der Waals surface area contributed by atoms with Gasteiger partial charge in [-0.2, -0.15) is 4.68 Å². The van der Waals surface area contributed by atoms with Crippen molar-refractivity contribution < 1.29 is 9.84 Å². The maximum absolute atomic E-state index is 9.49. The molecule has 1 atom stereocenters. The van der Waals surface area contributed by atoms with Crippen LogP contribution in [0.4, 0.5) is 5.69 Å². The summed E-state index contributed by atoms with van der Waals surface area (Å²) in [5.41, 5.74) is 1.50. The summed E-state index contributed by atoms with van der Waals surface area (Å²) in [6.45, 7) is 0.325. The molecule has 0 saturated heterocycles. The molecule has 2 aromatic rings. The SMILES string of the molecule is COc1ccc(-n2cnnn2)c(NCC(O)CCl)c1. The first-order valence-electron chi connectivity index (χ1n) is 5.64. The van der Waals surface area contributed by atoms with Crippen LogP contribution in [0.1, 0.15) is 0 Å². The molecule has 1 unspecified atom stereocenters. The Labute approximate surface area is 115 Å². The quantitative estimate of drug-likeness (QED) is 0.759. The van der Waals surface area contributed by atoms with Gasteiger partial charge in [-0.1, -0.05) is 0 Å². The average molecular weight is 284 g/mol. The number of nitrogens with zero attached hydrogens (tertiary/aromatic N) is 4. The number of aliphatic hydroxyl groups excluding tert-OH is 1. The minimum Gasteiger partial charge on any atom is -0.497 e. The summed E-state index contributed by atoms with van der Waals surface area (Å²) in [6.07, 6.45) is 0.861. The van der Waals surface area contributed by atoms with Crippen molar-refractivity contribution in [3.63, 3.8) is 0 Å². The Hall–Kier alpha value is -1.86. The van der Waals surface area contributed by atoms with Crippen molar-refractivity contribution in [3.8, 4) is 11.4 Å². The van der Waals surface area contributed by atoms with Crippen molar-refractivity contribution >= 4 is 17.3 Å². The van der Waals surface area contributed by atoms with Crippen molar-refractivity contribution in [2.45, 2.75) is 6.10 Å². The lowest BCUT2D eigenvalue weighted by Crippen LogP contribution is -2.21. The highest BCUT2D eigenvalue weighted by molar-refractivity contribution is 6.18. The monoisotopic (exact) mass is 283 g/mol. The fraction of sp³-hybridized carbons (Fsp3) is 0.364. The number of ether oxygens (including phenoxy) is 1. The first kappa shape index (κ1) is 13.6. The van der Waals surface area contributed by atoms with Gasteiger partial charge in [-0.15, -0.1) is 16.7 Å². The minimum atomic E-state index is -0.630. The number of hydrogen-bond donors (Lipinski definition) is 2. The second-order valence-corrected chi connectivity index (χ2v) is 4.14. The molecule has 8 heteroatoms. The molecule has 1 aromatic heterocycles. The van der Waals surface area contributed by atoms with Crippen LogP contribution in [0.5, 0.6) is 5.75 Å². The lowest BCUT2D eigenvalue weighted by Gasteiger charge is -2.14. The van der Waals surface area contributed by atoms with Gasteiger partial charge in [0.15, 0.2) is 0 Å². The zero-order chi connectivity index (χ0) is 13.7. The van der Waals surface area contributed by atoms with Crippen LogP contribution < -0.4 is 10.1 Å². The lowest BCUT2D eigenvalue weighted by molar-refractivity contribution is 0.211. The summed E-state index contributed by atoms with van der Waals surface area (Å²) in [7, 11) is 1.59. The number of nitrogens with one attached hydrogen (secondary N) is 1.